The Morgan fingerprint density at radius 2 is 2.04 bits per heavy atom. The highest BCUT2D eigenvalue weighted by Gasteiger charge is 2.36. The number of nitrogens with zero attached hydrogens (tertiary/aromatic N) is 2. The molecule has 2 aromatic heterocycles. The van der Waals surface area contributed by atoms with Crippen LogP contribution < -0.4 is 5.32 Å². The van der Waals surface area contributed by atoms with Crippen LogP contribution >= 0.6 is 23.2 Å². The van der Waals surface area contributed by atoms with E-state index >= 15 is 0 Å². The molecule has 136 valence electrons. The number of hydrogen-bond acceptors (Lipinski definition) is 4. The third-order valence-corrected chi connectivity index (χ3v) is 4.11. The number of fused-ring (bicyclic) bond motifs is 1. The second-order valence-electron chi connectivity index (χ2n) is 5.07. The lowest BCUT2D eigenvalue weighted by Crippen LogP contribution is -2.11. The van der Waals surface area contributed by atoms with E-state index in [1.807, 2.05) is 0 Å². The molecule has 0 atom stereocenters. The summed E-state index contributed by atoms with van der Waals surface area (Å²) in [6.07, 6.45) is -3.45. The van der Waals surface area contributed by atoms with Gasteiger partial charge >= 0.3 is 12.3 Å². The second-order valence-corrected chi connectivity index (χ2v) is 5.78. The van der Waals surface area contributed by atoms with Crippen LogP contribution in [0.2, 0.25) is 10.3 Å². The minimum Gasteiger partial charge on any atom is -0.453 e. The van der Waals surface area contributed by atoms with E-state index in [2.05, 4.69) is 25.0 Å². The number of H-pyrrole nitrogens is 1. The lowest BCUT2D eigenvalue weighted by Gasteiger charge is -2.11. The van der Waals surface area contributed by atoms with Gasteiger partial charge in [0.2, 0.25) is 5.28 Å². The van der Waals surface area contributed by atoms with Crippen molar-refractivity contribution in [3.63, 3.8) is 0 Å². The van der Waals surface area contributed by atoms with Gasteiger partial charge in [-0.1, -0.05) is 11.6 Å². The van der Waals surface area contributed by atoms with Crippen molar-refractivity contribution < 1.29 is 22.7 Å². The van der Waals surface area contributed by atoms with Crippen LogP contribution in [0.15, 0.2) is 24.5 Å². The summed E-state index contributed by atoms with van der Waals surface area (Å²) in [6, 6.07) is 2.93. The maximum absolute atomic E-state index is 13.3. The van der Waals surface area contributed by atoms with Crippen molar-refractivity contribution in [1.82, 2.24) is 15.0 Å². The molecule has 6 nitrogen and oxygen atoms in total. The third-order valence-electron chi connectivity index (χ3n) is 3.53. The Labute approximate surface area is 154 Å². The predicted molar refractivity (Wildman–Crippen MR) is 90.4 cm³/mol. The SMILES string of the molecule is COC(=O)Nc1ccc2c(-c3nc(Cl)ncc3C(F)(F)F)c[nH]c2c1Cl. The molecule has 0 aliphatic rings. The summed E-state index contributed by atoms with van der Waals surface area (Å²) < 4.78 is 44.3. The van der Waals surface area contributed by atoms with E-state index in [1.54, 1.807) is 0 Å². The number of benzene rings is 1. The Morgan fingerprint density at radius 1 is 1.31 bits per heavy atom. The maximum Gasteiger partial charge on any atom is 0.419 e. The highest BCUT2D eigenvalue weighted by atomic mass is 35.5. The van der Waals surface area contributed by atoms with Crippen LogP contribution in [0.5, 0.6) is 0 Å². The Morgan fingerprint density at radius 3 is 2.69 bits per heavy atom. The van der Waals surface area contributed by atoms with Gasteiger partial charge < -0.3 is 9.72 Å². The second kappa shape index (κ2) is 6.65. The number of methoxy groups -OCH3 is 1. The smallest absolute Gasteiger partial charge is 0.419 e. The van der Waals surface area contributed by atoms with E-state index in [4.69, 9.17) is 23.2 Å². The van der Waals surface area contributed by atoms with Crippen molar-refractivity contribution in [2.45, 2.75) is 6.18 Å². The average Bonchev–Trinajstić information content (AvgIpc) is 3.00. The fourth-order valence-electron chi connectivity index (χ4n) is 2.39. The van der Waals surface area contributed by atoms with Crippen molar-refractivity contribution in [3.8, 4) is 11.3 Å². The summed E-state index contributed by atoms with van der Waals surface area (Å²) in [4.78, 5) is 21.3. The van der Waals surface area contributed by atoms with Crippen molar-refractivity contribution in [3.05, 3.63) is 40.4 Å². The largest absolute Gasteiger partial charge is 0.453 e. The highest BCUT2D eigenvalue weighted by Crippen LogP contribution is 2.41. The highest BCUT2D eigenvalue weighted by molar-refractivity contribution is 6.38. The van der Waals surface area contributed by atoms with E-state index in [-0.39, 0.29) is 27.3 Å². The standard InChI is InChI=1S/C15H9Cl2F3N4O2/c1-26-14(25)23-9-3-2-6-7(4-21-12(6)10(9)16)11-8(15(18,19)20)5-22-13(17)24-11/h2-5,21H,1H3,(H,23,25). The lowest BCUT2D eigenvalue weighted by molar-refractivity contribution is -0.137. The van der Waals surface area contributed by atoms with Crippen LogP contribution in [-0.2, 0) is 10.9 Å². The molecular formula is C15H9Cl2F3N4O2. The number of alkyl halides is 3. The fourth-order valence-corrected chi connectivity index (χ4v) is 2.79. The Hall–Kier alpha value is -2.52. The van der Waals surface area contributed by atoms with Crippen molar-refractivity contribution >= 4 is 45.9 Å². The first-order chi connectivity index (χ1) is 12.2. The van der Waals surface area contributed by atoms with Gasteiger partial charge in [0.1, 0.15) is 5.56 Å². The number of halogens is 5. The first kappa shape index (κ1) is 18.3. The molecule has 0 spiro atoms. The van der Waals surface area contributed by atoms with Gasteiger partial charge in [0.15, 0.2) is 0 Å². The van der Waals surface area contributed by atoms with Gasteiger partial charge in [0.05, 0.1) is 29.0 Å². The molecule has 1 amide bonds. The predicted octanol–water partition coefficient (Wildman–Crippen LogP) is 5.13. The summed E-state index contributed by atoms with van der Waals surface area (Å²) in [7, 11) is 1.19. The number of aromatic amines is 1. The molecule has 11 heteroatoms. The quantitative estimate of drug-likeness (QED) is 0.580. The topological polar surface area (TPSA) is 79.9 Å². The van der Waals surface area contributed by atoms with Crippen LogP contribution in [0.3, 0.4) is 0 Å². The minimum absolute atomic E-state index is 0.105. The molecule has 0 saturated heterocycles. The fraction of sp³-hybridized carbons (Fsp3) is 0.133. The number of nitrogens with one attached hydrogen (secondary N) is 2. The van der Waals surface area contributed by atoms with Crippen molar-refractivity contribution in [2.75, 3.05) is 12.4 Å². The van der Waals surface area contributed by atoms with Crippen molar-refractivity contribution in [2.24, 2.45) is 0 Å². The summed E-state index contributed by atoms with van der Waals surface area (Å²) in [6.45, 7) is 0. The van der Waals surface area contributed by atoms with Crippen LogP contribution in [0.25, 0.3) is 22.2 Å². The number of ether oxygens (including phenoxy) is 1. The number of anilines is 1. The van der Waals surface area contributed by atoms with E-state index in [0.29, 0.717) is 17.1 Å². The van der Waals surface area contributed by atoms with E-state index < -0.39 is 17.8 Å². The van der Waals surface area contributed by atoms with E-state index in [9.17, 15) is 18.0 Å². The Bertz CT molecular complexity index is 1000. The molecule has 0 saturated carbocycles. The molecule has 0 aliphatic heterocycles. The zero-order valence-electron chi connectivity index (χ0n) is 12.9. The number of amides is 1. The first-order valence-electron chi connectivity index (χ1n) is 6.97. The Kier molecular flexibility index (Phi) is 4.68. The summed E-state index contributed by atoms with van der Waals surface area (Å²) in [5.41, 5.74) is -0.720. The molecule has 0 radical (unpaired) electrons. The molecule has 0 fully saturated rings. The molecule has 2 heterocycles. The Balaban J connectivity index is 2.18. The lowest BCUT2D eigenvalue weighted by atomic mass is 10.1. The molecule has 3 aromatic rings. The first-order valence-corrected chi connectivity index (χ1v) is 7.72. The summed E-state index contributed by atoms with van der Waals surface area (Å²) >= 11 is 11.9. The monoisotopic (exact) mass is 404 g/mol. The molecule has 0 unspecified atom stereocenters. The van der Waals surface area contributed by atoms with E-state index in [1.165, 1.54) is 25.4 Å². The summed E-state index contributed by atoms with van der Waals surface area (Å²) in [5.74, 6) is 0. The molecule has 0 bridgehead atoms. The molecule has 2 N–H and O–H groups in total. The van der Waals surface area contributed by atoms with Gasteiger partial charge in [-0.3, -0.25) is 5.32 Å². The van der Waals surface area contributed by atoms with Gasteiger partial charge in [-0.2, -0.15) is 13.2 Å². The molecule has 1 aromatic carbocycles. The van der Waals surface area contributed by atoms with Crippen LogP contribution in [0, 0.1) is 0 Å². The number of hydrogen-bond donors (Lipinski definition) is 2. The molecular weight excluding hydrogens is 396 g/mol. The summed E-state index contributed by atoms with van der Waals surface area (Å²) in [5, 5.41) is 2.56. The van der Waals surface area contributed by atoms with Gasteiger partial charge in [-0.25, -0.2) is 14.8 Å². The average molecular weight is 405 g/mol. The van der Waals surface area contributed by atoms with E-state index in [0.717, 1.165) is 0 Å². The van der Waals surface area contributed by atoms with Crippen LogP contribution in [0.4, 0.5) is 23.7 Å². The zero-order valence-corrected chi connectivity index (χ0v) is 14.4. The van der Waals surface area contributed by atoms with Crippen LogP contribution in [0.1, 0.15) is 5.56 Å². The number of aromatic nitrogens is 3. The number of rotatable bonds is 2. The van der Waals surface area contributed by atoms with Gasteiger partial charge in [0, 0.05) is 23.3 Å². The van der Waals surface area contributed by atoms with Crippen molar-refractivity contribution in [1.29, 1.82) is 0 Å². The van der Waals surface area contributed by atoms with Gasteiger partial charge in [-0.15, -0.1) is 0 Å². The molecule has 0 aliphatic carbocycles. The third kappa shape index (κ3) is 3.27. The van der Waals surface area contributed by atoms with Crippen LogP contribution in [-0.4, -0.2) is 28.2 Å². The van der Waals surface area contributed by atoms with Gasteiger partial charge in [0.25, 0.3) is 0 Å². The van der Waals surface area contributed by atoms with Gasteiger partial charge in [-0.05, 0) is 23.7 Å². The molecule has 26 heavy (non-hydrogen) atoms. The normalized spacial score (nSPS) is 11.6. The minimum atomic E-state index is -4.67. The number of carbonyl (C=O) groups is 1. The zero-order chi connectivity index (χ0) is 19.1. The number of carbonyl (C=O) groups excluding carboxylic acids is 1. The maximum atomic E-state index is 13.3. The molecule has 3 rings (SSSR count).